The summed E-state index contributed by atoms with van der Waals surface area (Å²) in [5.41, 5.74) is 0.698. The Morgan fingerprint density at radius 2 is 1.92 bits per heavy atom. The molecule has 0 saturated heterocycles. The Hall–Kier alpha value is -0.890. The van der Waals surface area contributed by atoms with E-state index in [2.05, 4.69) is 0 Å². The van der Waals surface area contributed by atoms with Gasteiger partial charge in [-0.15, -0.1) is 0 Å². The Bertz CT molecular complexity index is 235. The normalized spacial score (nSPS) is 15.3. The third kappa shape index (κ3) is 2.81. The van der Waals surface area contributed by atoms with Crippen LogP contribution in [-0.2, 0) is 0 Å². The van der Waals surface area contributed by atoms with Crippen LogP contribution in [0.3, 0.4) is 0 Å². The molecule has 0 heterocycles. The molecule has 0 aliphatic rings. The quantitative estimate of drug-likeness (QED) is 0.759. The summed E-state index contributed by atoms with van der Waals surface area (Å²) in [4.78, 5) is 0. The monoisotopic (exact) mass is 182 g/mol. The number of benzene rings is 1. The van der Waals surface area contributed by atoms with Crippen molar-refractivity contribution in [1.82, 2.24) is 0 Å². The maximum absolute atomic E-state index is 13.6. The first-order chi connectivity index (χ1) is 6.25. The molecule has 0 radical (unpaired) electrons. The number of aliphatic hydroxyl groups is 1. The molecule has 1 nitrogen and oxygen atoms in total. The van der Waals surface area contributed by atoms with Crippen molar-refractivity contribution in [2.24, 2.45) is 5.92 Å². The van der Waals surface area contributed by atoms with Gasteiger partial charge in [0.1, 0.15) is 6.17 Å². The molecular weight excluding hydrogens is 167 g/mol. The van der Waals surface area contributed by atoms with Crippen LogP contribution in [-0.4, -0.2) is 11.7 Å². The highest BCUT2D eigenvalue weighted by atomic mass is 19.1. The van der Waals surface area contributed by atoms with Gasteiger partial charge in [-0.2, -0.15) is 0 Å². The van der Waals surface area contributed by atoms with Crippen LogP contribution >= 0.6 is 0 Å². The molecule has 1 rings (SSSR count). The summed E-state index contributed by atoms with van der Waals surface area (Å²) in [6, 6.07) is 9.07. The molecule has 1 aromatic carbocycles. The average molecular weight is 182 g/mol. The fourth-order valence-corrected chi connectivity index (χ4v) is 1.32. The topological polar surface area (TPSA) is 20.2 Å². The molecular formula is C11H15FO. The van der Waals surface area contributed by atoms with Crippen LogP contribution in [0.1, 0.15) is 25.1 Å². The summed E-state index contributed by atoms with van der Waals surface area (Å²) in [6.45, 7) is 1.86. The van der Waals surface area contributed by atoms with E-state index in [0.29, 0.717) is 12.0 Å². The smallest absolute Gasteiger partial charge is 0.128 e. The van der Waals surface area contributed by atoms with Crippen molar-refractivity contribution >= 4 is 0 Å². The van der Waals surface area contributed by atoms with E-state index < -0.39 is 6.17 Å². The maximum atomic E-state index is 13.6. The first kappa shape index (κ1) is 10.2. The molecule has 0 bridgehead atoms. The van der Waals surface area contributed by atoms with Gasteiger partial charge in [-0.05, 0) is 17.9 Å². The highest BCUT2D eigenvalue weighted by Crippen LogP contribution is 2.27. The second-order valence-corrected chi connectivity index (χ2v) is 3.30. The molecule has 0 amide bonds. The summed E-state index contributed by atoms with van der Waals surface area (Å²) in [7, 11) is 0. The molecule has 72 valence electrons. The average Bonchev–Trinajstić information content (AvgIpc) is 2.18. The standard InChI is InChI=1S/C11H15FO/c1-9(7-8-13)11(12)10-5-3-2-4-6-10/h2-6,9,11,13H,7-8H2,1H3. The molecule has 2 unspecified atom stereocenters. The van der Waals surface area contributed by atoms with Crippen molar-refractivity contribution in [2.45, 2.75) is 19.5 Å². The Labute approximate surface area is 78.2 Å². The van der Waals surface area contributed by atoms with Gasteiger partial charge in [-0.25, -0.2) is 4.39 Å². The van der Waals surface area contributed by atoms with Crippen LogP contribution in [0, 0.1) is 5.92 Å². The van der Waals surface area contributed by atoms with Crippen molar-refractivity contribution in [2.75, 3.05) is 6.61 Å². The molecule has 2 atom stereocenters. The van der Waals surface area contributed by atoms with Crippen LogP contribution in [0.15, 0.2) is 30.3 Å². The van der Waals surface area contributed by atoms with E-state index in [1.54, 1.807) is 12.1 Å². The lowest BCUT2D eigenvalue weighted by atomic mass is 9.96. The molecule has 1 N–H and O–H groups in total. The number of aliphatic hydroxyl groups excluding tert-OH is 1. The van der Waals surface area contributed by atoms with Gasteiger partial charge in [0, 0.05) is 6.61 Å². The SMILES string of the molecule is CC(CCO)C(F)c1ccccc1. The Morgan fingerprint density at radius 3 is 2.46 bits per heavy atom. The van der Waals surface area contributed by atoms with Crippen LogP contribution in [0.25, 0.3) is 0 Å². The Morgan fingerprint density at radius 1 is 1.31 bits per heavy atom. The first-order valence-corrected chi connectivity index (χ1v) is 4.55. The van der Waals surface area contributed by atoms with Gasteiger partial charge in [-0.3, -0.25) is 0 Å². The zero-order chi connectivity index (χ0) is 9.68. The Kier molecular flexibility index (Phi) is 3.90. The van der Waals surface area contributed by atoms with Crippen LogP contribution < -0.4 is 0 Å². The number of halogens is 1. The lowest BCUT2D eigenvalue weighted by molar-refractivity contribution is 0.189. The highest BCUT2D eigenvalue weighted by Gasteiger charge is 2.16. The number of hydrogen-bond acceptors (Lipinski definition) is 1. The van der Waals surface area contributed by atoms with Gasteiger partial charge in [0.05, 0.1) is 0 Å². The van der Waals surface area contributed by atoms with E-state index in [4.69, 9.17) is 5.11 Å². The van der Waals surface area contributed by atoms with Crippen molar-refractivity contribution in [1.29, 1.82) is 0 Å². The fraction of sp³-hybridized carbons (Fsp3) is 0.455. The molecule has 0 spiro atoms. The largest absolute Gasteiger partial charge is 0.396 e. The zero-order valence-electron chi connectivity index (χ0n) is 7.78. The summed E-state index contributed by atoms with van der Waals surface area (Å²) in [6.07, 6.45) is -0.455. The molecule has 2 heteroatoms. The van der Waals surface area contributed by atoms with Gasteiger partial charge < -0.3 is 5.11 Å². The van der Waals surface area contributed by atoms with E-state index in [0.717, 1.165) is 0 Å². The number of alkyl halides is 1. The minimum atomic E-state index is -0.964. The molecule has 1 aromatic rings. The Balaban J connectivity index is 2.62. The second-order valence-electron chi connectivity index (χ2n) is 3.30. The van der Waals surface area contributed by atoms with Crippen LogP contribution in [0.5, 0.6) is 0 Å². The summed E-state index contributed by atoms with van der Waals surface area (Å²) in [5, 5.41) is 8.67. The van der Waals surface area contributed by atoms with Crippen molar-refractivity contribution < 1.29 is 9.50 Å². The maximum Gasteiger partial charge on any atom is 0.128 e. The predicted octanol–water partition coefficient (Wildman–Crippen LogP) is 2.72. The molecule has 0 aliphatic carbocycles. The third-order valence-electron chi connectivity index (χ3n) is 2.20. The van der Waals surface area contributed by atoms with Crippen LogP contribution in [0.2, 0.25) is 0 Å². The van der Waals surface area contributed by atoms with E-state index in [9.17, 15) is 4.39 Å². The van der Waals surface area contributed by atoms with E-state index in [1.807, 2.05) is 25.1 Å². The van der Waals surface area contributed by atoms with Gasteiger partial charge in [0.2, 0.25) is 0 Å². The zero-order valence-corrected chi connectivity index (χ0v) is 7.78. The van der Waals surface area contributed by atoms with Crippen LogP contribution in [0.4, 0.5) is 4.39 Å². The highest BCUT2D eigenvalue weighted by molar-refractivity contribution is 5.17. The predicted molar refractivity (Wildman–Crippen MR) is 51.2 cm³/mol. The molecule has 0 aliphatic heterocycles. The number of rotatable bonds is 4. The minimum Gasteiger partial charge on any atom is -0.396 e. The van der Waals surface area contributed by atoms with Crippen molar-refractivity contribution in [3.05, 3.63) is 35.9 Å². The third-order valence-corrected chi connectivity index (χ3v) is 2.20. The van der Waals surface area contributed by atoms with E-state index in [1.165, 1.54) is 0 Å². The van der Waals surface area contributed by atoms with Crippen molar-refractivity contribution in [3.8, 4) is 0 Å². The van der Waals surface area contributed by atoms with Gasteiger partial charge in [0.25, 0.3) is 0 Å². The lowest BCUT2D eigenvalue weighted by Crippen LogP contribution is -2.06. The summed E-state index contributed by atoms with van der Waals surface area (Å²) in [5.74, 6) is -0.118. The van der Waals surface area contributed by atoms with E-state index in [-0.39, 0.29) is 12.5 Å². The first-order valence-electron chi connectivity index (χ1n) is 4.55. The summed E-state index contributed by atoms with van der Waals surface area (Å²) >= 11 is 0. The molecule has 0 saturated carbocycles. The molecule has 0 aromatic heterocycles. The lowest BCUT2D eigenvalue weighted by Gasteiger charge is -2.15. The van der Waals surface area contributed by atoms with Gasteiger partial charge in [0.15, 0.2) is 0 Å². The van der Waals surface area contributed by atoms with Gasteiger partial charge >= 0.3 is 0 Å². The fourth-order valence-electron chi connectivity index (χ4n) is 1.32. The van der Waals surface area contributed by atoms with Gasteiger partial charge in [-0.1, -0.05) is 37.3 Å². The molecule has 13 heavy (non-hydrogen) atoms. The molecule has 0 fully saturated rings. The van der Waals surface area contributed by atoms with E-state index >= 15 is 0 Å². The summed E-state index contributed by atoms with van der Waals surface area (Å²) < 4.78 is 13.6. The van der Waals surface area contributed by atoms with Crippen molar-refractivity contribution in [3.63, 3.8) is 0 Å². The minimum absolute atomic E-state index is 0.0500. The second kappa shape index (κ2) is 4.97. The number of hydrogen-bond donors (Lipinski definition) is 1.